The van der Waals surface area contributed by atoms with Gasteiger partial charge < -0.3 is 15.2 Å². The van der Waals surface area contributed by atoms with Crippen molar-refractivity contribution in [2.75, 3.05) is 13.1 Å². The molecular formula is C21H26N6O. The van der Waals surface area contributed by atoms with Crippen LogP contribution in [0.15, 0.2) is 48.9 Å². The largest absolute Gasteiger partial charge is 0.350 e. The highest BCUT2D eigenvalue weighted by molar-refractivity contribution is 5.75. The SMILES string of the molecule is Cc1nccn1-c1ccc(CNC(=O)Cn2nccc2[C@H]2CCCNC2)cc1. The van der Waals surface area contributed by atoms with Crippen LogP contribution in [0.1, 0.15) is 35.8 Å². The van der Waals surface area contributed by atoms with E-state index in [1.807, 2.05) is 52.7 Å². The molecule has 1 amide bonds. The maximum Gasteiger partial charge on any atom is 0.242 e. The van der Waals surface area contributed by atoms with Gasteiger partial charge in [0.15, 0.2) is 0 Å². The highest BCUT2D eigenvalue weighted by Gasteiger charge is 2.19. The predicted octanol–water partition coefficient (Wildman–Crippen LogP) is 2.16. The molecule has 7 heteroatoms. The molecule has 0 bridgehead atoms. The molecule has 1 aromatic carbocycles. The van der Waals surface area contributed by atoms with Crippen LogP contribution in [-0.4, -0.2) is 38.3 Å². The molecule has 7 nitrogen and oxygen atoms in total. The molecule has 1 aliphatic heterocycles. The number of hydrogen-bond acceptors (Lipinski definition) is 4. The lowest BCUT2D eigenvalue weighted by Crippen LogP contribution is -2.32. The second-order valence-corrected chi connectivity index (χ2v) is 7.24. The lowest BCUT2D eigenvalue weighted by Gasteiger charge is -2.23. The van der Waals surface area contributed by atoms with Gasteiger partial charge in [0.25, 0.3) is 0 Å². The van der Waals surface area contributed by atoms with E-state index in [1.165, 1.54) is 0 Å². The molecular weight excluding hydrogens is 352 g/mol. The van der Waals surface area contributed by atoms with E-state index in [4.69, 9.17) is 0 Å². The van der Waals surface area contributed by atoms with Crippen molar-refractivity contribution >= 4 is 5.91 Å². The van der Waals surface area contributed by atoms with E-state index in [9.17, 15) is 4.79 Å². The first-order valence-corrected chi connectivity index (χ1v) is 9.79. The van der Waals surface area contributed by atoms with E-state index in [2.05, 4.69) is 20.7 Å². The zero-order valence-corrected chi connectivity index (χ0v) is 16.1. The van der Waals surface area contributed by atoms with Gasteiger partial charge in [-0.25, -0.2) is 4.98 Å². The van der Waals surface area contributed by atoms with Crippen LogP contribution in [0.2, 0.25) is 0 Å². The number of carbonyl (C=O) groups excluding carboxylic acids is 1. The summed E-state index contributed by atoms with van der Waals surface area (Å²) >= 11 is 0. The minimum Gasteiger partial charge on any atom is -0.350 e. The Morgan fingerprint density at radius 2 is 2.11 bits per heavy atom. The normalized spacial score (nSPS) is 16.8. The van der Waals surface area contributed by atoms with Gasteiger partial charge >= 0.3 is 0 Å². The van der Waals surface area contributed by atoms with Gasteiger partial charge in [0.1, 0.15) is 12.4 Å². The summed E-state index contributed by atoms with van der Waals surface area (Å²) in [5, 5.41) is 10.8. The van der Waals surface area contributed by atoms with Gasteiger partial charge in [-0.15, -0.1) is 0 Å². The second-order valence-electron chi connectivity index (χ2n) is 7.24. The molecule has 1 fully saturated rings. The summed E-state index contributed by atoms with van der Waals surface area (Å²) in [6.07, 6.45) is 7.82. The number of hydrogen-bond donors (Lipinski definition) is 2. The maximum absolute atomic E-state index is 12.4. The van der Waals surface area contributed by atoms with Crippen LogP contribution in [-0.2, 0) is 17.9 Å². The summed E-state index contributed by atoms with van der Waals surface area (Å²) < 4.78 is 3.86. The molecule has 2 N–H and O–H groups in total. The lowest BCUT2D eigenvalue weighted by molar-refractivity contribution is -0.122. The summed E-state index contributed by atoms with van der Waals surface area (Å²) in [5.74, 6) is 1.36. The van der Waals surface area contributed by atoms with Crippen LogP contribution in [0.3, 0.4) is 0 Å². The van der Waals surface area contributed by atoms with Crippen LogP contribution in [0.25, 0.3) is 5.69 Å². The second kappa shape index (κ2) is 8.39. The molecule has 0 saturated carbocycles. The number of amides is 1. The molecule has 1 aliphatic rings. The standard InChI is InChI=1S/C21H26N6O/c1-16-23-11-12-26(16)19-6-4-17(5-7-19)13-24-21(28)15-27-20(8-10-25-27)18-3-2-9-22-14-18/h4-8,10-12,18,22H,2-3,9,13-15H2,1H3,(H,24,28)/t18-/m0/s1. The third-order valence-corrected chi connectivity index (χ3v) is 5.29. The number of imidazole rings is 1. The average Bonchev–Trinajstić information content (AvgIpc) is 3.36. The Morgan fingerprint density at radius 1 is 1.25 bits per heavy atom. The third-order valence-electron chi connectivity index (χ3n) is 5.29. The number of aromatic nitrogens is 4. The van der Waals surface area contributed by atoms with Gasteiger partial charge in [0, 0.05) is 49.0 Å². The Bertz CT molecular complexity index is 921. The summed E-state index contributed by atoms with van der Waals surface area (Å²) in [6.45, 7) is 4.76. The van der Waals surface area contributed by atoms with E-state index in [0.717, 1.165) is 48.7 Å². The van der Waals surface area contributed by atoms with Crippen LogP contribution >= 0.6 is 0 Å². The molecule has 0 unspecified atom stereocenters. The minimum atomic E-state index is -0.0248. The molecule has 3 heterocycles. The van der Waals surface area contributed by atoms with E-state index >= 15 is 0 Å². The molecule has 0 radical (unpaired) electrons. The van der Waals surface area contributed by atoms with Crippen molar-refractivity contribution < 1.29 is 4.79 Å². The van der Waals surface area contributed by atoms with Crippen molar-refractivity contribution in [3.63, 3.8) is 0 Å². The van der Waals surface area contributed by atoms with Crippen molar-refractivity contribution in [2.24, 2.45) is 0 Å². The Hall–Kier alpha value is -2.93. The number of carbonyl (C=O) groups is 1. The van der Waals surface area contributed by atoms with Gasteiger partial charge in [-0.3, -0.25) is 9.48 Å². The predicted molar refractivity (Wildman–Crippen MR) is 107 cm³/mol. The van der Waals surface area contributed by atoms with Crippen molar-refractivity contribution in [3.05, 3.63) is 66.0 Å². The number of rotatable bonds is 6. The molecule has 0 spiro atoms. The molecule has 2 aromatic heterocycles. The van der Waals surface area contributed by atoms with Gasteiger partial charge in [-0.05, 0) is 50.1 Å². The fourth-order valence-electron chi connectivity index (χ4n) is 3.74. The summed E-state index contributed by atoms with van der Waals surface area (Å²) in [5.41, 5.74) is 3.27. The summed E-state index contributed by atoms with van der Waals surface area (Å²) in [6, 6.07) is 10.2. The fraction of sp³-hybridized carbons (Fsp3) is 0.381. The first-order chi connectivity index (χ1) is 13.7. The first-order valence-electron chi connectivity index (χ1n) is 9.79. The number of benzene rings is 1. The molecule has 1 atom stereocenters. The van der Waals surface area contributed by atoms with E-state index in [0.29, 0.717) is 12.5 Å². The van der Waals surface area contributed by atoms with Crippen molar-refractivity contribution in [1.29, 1.82) is 0 Å². The molecule has 0 aliphatic carbocycles. The first kappa shape index (κ1) is 18.4. The van der Waals surface area contributed by atoms with Gasteiger partial charge in [0.2, 0.25) is 5.91 Å². The van der Waals surface area contributed by atoms with Gasteiger partial charge in [0.05, 0.1) is 0 Å². The Balaban J connectivity index is 1.33. The maximum atomic E-state index is 12.4. The van der Waals surface area contributed by atoms with Gasteiger partial charge in [-0.2, -0.15) is 5.10 Å². The third kappa shape index (κ3) is 4.14. The number of nitrogens with zero attached hydrogens (tertiary/aromatic N) is 4. The van der Waals surface area contributed by atoms with E-state index < -0.39 is 0 Å². The molecule has 3 aromatic rings. The van der Waals surface area contributed by atoms with Crippen LogP contribution in [0, 0.1) is 6.92 Å². The highest BCUT2D eigenvalue weighted by Crippen LogP contribution is 2.22. The topological polar surface area (TPSA) is 76.8 Å². The molecule has 146 valence electrons. The number of nitrogens with one attached hydrogen (secondary N) is 2. The fourth-order valence-corrected chi connectivity index (χ4v) is 3.74. The Morgan fingerprint density at radius 3 is 2.82 bits per heavy atom. The average molecular weight is 378 g/mol. The number of piperidine rings is 1. The Labute approximate surface area is 164 Å². The van der Waals surface area contributed by atoms with Crippen LogP contribution < -0.4 is 10.6 Å². The van der Waals surface area contributed by atoms with Crippen molar-refractivity contribution in [3.8, 4) is 5.69 Å². The summed E-state index contributed by atoms with van der Waals surface area (Å²) in [4.78, 5) is 16.7. The Kier molecular flexibility index (Phi) is 5.53. The number of aryl methyl sites for hydroxylation is 1. The van der Waals surface area contributed by atoms with E-state index in [-0.39, 0.29) is 12.5 Å². The van der Waals surface area contributed by atoms with Gasteiger partial charge in [-0.1, -0.05) is 12.1 Å². The zero-order valence-electron chi connectivity index (χ0n) is 16.1. The van der Waals surface area contributed by atoms with Crippen molar-refractivity contribution in [1.82, 2.24) is 30.0 Å². The smallest absolute Gasteiger partial charge is 0.242 e. The zero-order chi connectivity index (χ0) is 19.3. The van der Waals surface area contributed by atoms with Crippen molar-refractivity contribution in [2.45, 2.75) is 38.8 Å². The lowest BCUT2D eigenvalue weighted by atomic mass is 9.96. The molecule has 4 rings (SSSR count). The molecule has 1 saturated heterocycles. The van der Waals surface area contributed by atoms with E-state index in [1.54, 1.807) is 12.4 Å². The summed E-state index contributed by atoms with van der Waals surface area (Å²) in [7, 11) is 0. The monoisotopic (exact) mass is 378 g/mol. The minimum absolute atomic E-state index is 0.0248. The van der Waals surface area contributed by atoms with Crippen LogP contribution in [0.4, 0.5) is 0 Å². The quantitative estimate of drug-likeness (QED) is 0.689. The molecule has 28 heavy (non-hydrogen) atoms. The van der Waals surface area contributed by atoms with Crippen LogP contribution in [0.5, 0.6) is 0 Å². The highest BCUT2D eigenvalue weighted by atomic mass is 16.2.